The van der Waals surface area contributed by atoms with E-state index in [1.807, 2.05) is 0 Å². The molecule has 0 amide bonds. The van der Waals surface area contributed by atoms with Crippen LogP contribution in [0.2, 0.25) is 0 Å². The first-order valence-corrected chi connectivity index (χ1v) is 9.46. The molecule has 27 heavy (non-hydrogen) atoms. The highest BCUT2D eigenvalue weighted by Crippen LogP contribution is 2.40. The van der Waals surface area contributed by atoms with E-state index in [1.54, 1.807) is 6.07 Å². The van der Waals surface area contributed by atoms with Gasteiger partial charge in [0.1, 0.15) is 17.5 Å². The van der Waals surface area contributed by atoms with Gasteiger partial charge < -0.3 is 0 Å². The Morgan fingerprint density at radius 2 is 1.48 bits per heavy atom. The molecule has 3 aromatic rings. The van der Waals surface area contributed by atoms with Crippen LogP contribution >= 0.6 is 0 Å². The molecule has 0 nitrogen and oxygen atoms in total. The molecule has 3 aromatic carbocycles. The Kier molecular flexibility index (Phi) is 4.77. The summed E-state index contributed by atoms with van der Waals surface area (Å²) in [5, 5.41) is 0. The highest BCUT2D eigenvalue weighted by atomic mass is 19.1. The first-order valence-electron chi connectivity index (χ1n) is 9.46. The number of aryl methyl sites for hydroxylation is 1. The summed E-state index contributed by atoms with van der Waals surface area (Å²) in [7, 11) is 0. The van der Waals surface area contributed by atoms with Crippen LogP contribution in [-0.2, 0) is 12.8 Å². The second-order valence-electron chi connectivity index (χ2n) is 7.27. The number of hydrogen-bond acceptors (Lipinski definition) is 0. The minimum atomic E-state index is -0.704. The quantitative estimate of drug-likeness (QED) is 0.331. The van der Waals surface area contributed by atoms with Crippen LogP contribution in [0.4, 0.5) is 13.2 Å². The zero-order valence-corrected chi connectivity index (χ0v) is 15.3. The zero-order chi connectivity index (χ0) is 19.0. The van der Waals surface area contributed by atoms with Crippen molar-refractivity contribution in [2.24, 2.45) is 0 Å². The third-order valence-corrected chi connectivity index (χ3v) is 5.28. The number of fused-ring (bicyclic) bond motifs is 3. The molecule has 0 saturated heterocycles. The molecule has 0 spiro atoms. The molecule has 3 heteroatoms. The van der Waals surface area contributed by atoms with E-state index in [9.17, 15) is 13.2 Å². The monoisotopic (exact) mass is 366 g/mol. The van der Waals surface area contributed by atoms with Gasteiger partial charge in [-0.25, -0.2) is 13.2 Å². The number of unbranched alkanes of at least 4 members (excludes halogenated alkanes) is 2. The van der Waals surface area contributed by atoms with Crippen LogP contribution in [0.15, 0.2) is 48.5 Å². The van der Waals surface area contributed by atoms with Gasteiger partial charge in [-0.2, -0.15) is 0 Å². The minimum Gasteiger partial charge on any atom is -0.207 e. The third-order valence-electron chi connectivity index (χ3n) is 5.28. The molecule has 0 saturated carbocycles. The van der Waals surface area contributed by atoms with Gasteiger partial charge in [0.2, 0.25) is 0 Å². The second-order valence-corrected chi connectivity index (χ2v) is 7.27. The van der Waals surface area contributed by atoms with Gasteiger partial charge in [0.25, 0.3) is 0 Å². The summed E-state index contributed by atoms with van der Waals surface area (Å²) in [5.74, 6) is -1.87. The SMILES string of the molecule is CCCCCc1ccc2c(c1)Cc1cc(-c3cc(F)cc(F)c3)c(F)cc1-2. The van der Waals surface area contributed by atoms with E-state index in [-0.39, 0.29) is 11.1 Å². The summed E-state index contributed by atoms with van der Waals surface area (Å²) >= 11 is 0. The first kappa shape index (κ1) is 17.8. The fourth-order valence-electron chi connectivity index (χ4n) is 3.94. The summed E-state index contributed by atoms with van der Waals surface area (Å²) in [4.78, 5) is 0. The molecule has 0 N–H and O–H groups in total. The van der Waals surface area contributed by atoms with Crippen molar-refractivity contribution >= 4 is 0 Å². The van der Waals surface area contributed by atoms with Gasteiger partial charge in [-0.15, -0.1) is 0 Å². The van der Waals surface area contributed by atoms with E-state index in [0.717, 1.165) is 35.6 Å². The molecule has 1 aliphatic rings. The summed E-state index contributed by atoms with van der Waals surface area (Å²) < 4.78 is 41.8. The van der Waals surface area contributed by atoms with Gasteiger partial charge in [0, 0.05) is 11.6 Å². The van der Waals surface area contributed by atoms with Crippen molar-refractivity contribution in [1.82, 2.24) is 0 Å². The summed E-state index contributed by atoms with van der Waals surface area (Å²) in [6.07, 6.45) is 5.36. The Labute approximate surface area is 157 Å². The van der Waals surface area contributed by atoms with Gasteiger partial charge in [-0.3, -0.25) is 0 Å². The van der Waals surface area contributed by atoms with Gasteiger partial charge in [0.15, 0.2) is 0 Å². The molecular formula is C24H21F3. The van der Waals surface area contributed by atoms with E-state index in [1.165, 1.54) is 48.6 Å². The normalized spacial score (nSPS) is 12.1. The molecular weight excluding hydrogens is 345 g/mol. The average molecular weight is 366 g/mol. The Morgan fingerprint density at radius 1 is 0.741 bits per heavy atom. The minimum absolute atomic E-state index is 0.226. The van der Waals surface area contributed by atoms with E-state index < -0.39 is 17.5 Å². The van der Waals surface area contributed by atoms with Crippen LogP contribution in [0.5, 0.6) is 0 Å². The number of halogens is 3. The molecule has 0 aromatic heterocycles. The van der Waals surface area contributed by atoms with Gasteiger partial charge in [0.05, 0.1) is 0 Å². The topological polar surface area (TPSA) is 0 Å². The van der Waals surface area contributed by atoms with Crippen molar-refractivity contribution in [3.8, 4) is 22.3 Å². The fourth-order valence-corrected chi connectivity index (χ4v) is 3.94. The molecule has 4 rings (SSSR count). The maximum Gasteiger partial charge on any atom is 0.131 e. The summed E-state index contributed by atoms with van der Waals surface area (Å²) in [5.41, 5.74) is 5.90. The summed E-state index contributed by atoms with van der Waals surface area (Å²) in [6.45, 7) is 2.19. The molecule has 0 unspecified atom stereocenters. The molecule has 0 bridgehead atoms. The maximum absolute atomic E-state index is 14.7. The second kappa shape index (κ2) is 7.22. The molecule has 0 radical (unpaired) electrons. The Morgan fingerprint density at radius 3 is 2.22 bits per heavy atom. The molecule has 0 heterocycles. The van der Waals surface area contributed by atoms with Crippen LogP contribution in [-0.4, -0.2) is 0 Å². The van der Waals surface area contributed by atoms with E-state index >= 15 is 0 Å². The smallest absolute Gasteiger partial charge is 0.131 e. The highest BCUT2D eigenvalue weighted by Gasteiger charge is 2.22. The van der Waals surface area contributed by atoms with Crippen LogP contribution in [0, 0.1) is 17.5 Å². The van der Waals surface area contributed by atoms with E-state index in [2.05, 4.69) is 25.1 Å². The van der Waals surface area contributed by atoms with Gasteiger partial charge in [-0.1, -0.05) is 38.0 Å². The van der Waals surface area contributed by atoms with Crippen LogP contribution in [0.1, 0.15) is 42.9 Å². The number of benzene rings is 3. The lowest BCUT2D eigenvalue weighted by Crippen LogP contribution is -1.91. The van der Waals surface area contributed by atoms with Crippen LogP contribution in [0.25, 0.3) is 22.3 Å². The van der Waals surface area contributed by atoms with Crippen molar-refractivity contribution in [3.05, 3.63) is 82.7 Å². The number of rotatable bonds is 5. The third kappa shape index (κ3) is 3.51. The van der Waals surface area contributed by atoms with Gasteiger partial charge in [-0.05, 0) is 76.9 Å². The fraction of sp³-hybridized carbons (Fsp3) is 0.250. The Hall–Kier alpha value is -2.55. The molecule has 1 aliphatic carbocycles. The molecule has 0 fully saturated rings. The Balaban J connectivity index is 1.69. The largest absolute Gasteiger partial charge is 0.207 e. The molecule has 138 valence electrons. The highest BCUT2D eigenvalue weighted by molar-refractivity contribution is 5.80. The lowest BCUT2D eigenvalue weighted by Gasteiger charge is -2.08. The lowest BCUT2D eigenvalue weighted by atomic mass is 9.98. The molecule has 0 atom stereocenters. The van der Waals surface area contributed by atoms with Crippen molar-refractivity contribution in [3.63, 3.8) is 0 Å². The zero-order valence-electron chi connectivity index (χ0n) is 15.3. The van der Waals surface area contributed by atoms with Gasteiger partial charge >= 0.3 is 0 Å². The summed E-state index contributed by atoms with van der Waals surface area (Å²) in [6, 6.07) is 12.8. The first-order chi connectivity index (χ1) is 13.0. The van der Waals surface area contributed by atoms with Crippen LogP contribution < -0.4 is 0 Å². The van der Waals surface area contributed by atoms with Crippen molar-refractivity contribution in [2.75, 3.05) is 0 Å². The van der Waals surface area contributed by atoms with Crippen molar-refractivity contribution in [2.45, 2.75) is 39.0 Å². The number of hydrogen-bond donors (Lipinski definition) is 0. The molecule has 0 aliphatic heterocycles. The predicted octanol–water partition coefficient (Wildman–Crippen LogP) is 7.07. The predicted molar refractivity (Wildman–Crippen MR) is 103 cm³/mol. The van der Waals surface area contributed by atoms with Crippen molar-refractivity contribution in [1.29, 1.82) is 0 Å². The lowest BCUT2D eigenvalue weighted by molar-refractivity contribution is 0.583. The average Bonchev–Trinajstić information content (AvgIpc) is 2.97. The Bertz CT molecular complexity index is 984. The van der Waals surface area contributed by atoms with Crippen LogP contribution in [0.3, 0.4) is 0 Å². The standard InChI is InChI=1S/C24H21F3/c1-2-3-4-5-15-6-7-21-16(8-15)9-17-12-23(24(27)14-22(17)21)18-10-19(25)13-20(26)11-18/h6-8,10-14H,2-5,9H2,1H3. The van der Waals surface area contributed by atoms with E-state index in [4.69, 9.17) is 0 Å². The maximum atomic E-state index is 14.7. The van der Waals surface area contributed by atoms with Crippen molar-refractivity contribution < 1.29 is 13.2 Å². The van der Waals surface area contributed by atoms with E-state index in [0.29, 0.717) is 0 Å².